The Morgan fingerprint density at radius 3 is 3.11 bits per heavy atom. The zero-order valence-corrected chi connectivity index (χ0v) is 9.85. The van der Waals surface area contributed by atoms with Crippen LogP contribution in [0.25, 0.3) is 11.2 Å². The first-order valence-electron chi connectivity index (χ1n) is 5.77. The van der Waals surface area contributed by atoms with Crippen LogP contribution in [0.1, 0.15) is 12.6 Å². The summed E-state index contributed by atoms with van der Waals surface area (Å²) < 4.78 is 6.63. The monoisotopic (exact) mass is 267 g/mol. The van der Waals surface area contributed by atoms with Crippen LogP contribution in [0.2, 0.25) is 0 Å². The molecular formula is C10H13N5O4. The van der Waals surface area contributed by atoms with Gasteiger partial charge in [-0.1, -0.05) is 0 Å². The predicted molar refractivity (Wildman–Crippen MR) is 64.2 cm³/mol. The minimum Gasteiger partial charge on any atom is -0.394 e. The molecule has 0 amide bonds. The van der Waals surface area contributed by atoms with Gasteiger partial charge in [-0.2, -0.15) is 4.98 Å². The van der Waals surface area contributed by atoms with Gasteiger partial charge in [-0.3, -0.25) is 0 Å². The highest BCUT2D eigenvalue weighted by Gasteiger charge is 2.36. The summed E-state index contributed by atoms with van der Waals surface area (Å²) >= 11 is 0. The molecule has 0 radical (unpaired) electrons. The lowest BCUT2D eigenvalue weighted by molar-refractivity contribution is -0.0502. The maximum Gasteiger partial charge on any atom is 0.329 e. The molecule has 3 rings (SSSR count). The molecule has 2 aromatic rings. The van der Waals surface area contributed by atoms with Crippen molar-refractivity contribution < 1.29 is 14.9 Å². The number of fused-ring (bicyclic) bond motifs is 1. The minimum absolute atomic E-state index is 0.0199. The second-order valence-corrected chi connectivity index (χ2v) is 4.40. The first-order chi connectivity index (χ1) is 9.10. The zero-order valence-electron chi connectivity index (χ0n) is 9.85. The number of ether oxygens (including phenoxy) is 1. The van der Waals surface area contributed by atoms with Crippen LogP contribution in [0.4, 0.5) is 5.95 Å². The molecule has 2 aromatic heterocycles. The Morgan fingerprint density at radius 1 is 1.63 bits per heavy atom. The average Bonchev–Trinajstić information content (AvgIpc) is 2.88. The summed E-state index contributed by atoms with van der Waals surface area (Å²) in [7, 11) is 0. The van der Waals surface area contributed by atoms with Gasteiger partial charge in [0.2, 0.25) is 5.95 Å². The molecule has 0 saturated carbocycles. The van der Waals surface area contributed by atoms with Crippen molar-refractivity contribution in [3.05, 3.63) is 16.7 Å². The predicted octanol–water partition coefficient (Wildman–Crippen LogP) is -1.66. The number of hydrogen-bond acceptors (Lipinski definition) is 7. The van der Waals surface area contributed by atoms with Crippen LogP contribution in [-0.4, -0.2) is 48.5 Å². The Kier molecular flexibility index (Phi) is 2.73. The topological polar surface area (TPSA) is 139 Å². The van der Waals surface area contributed by atoms with Crippen LogP contribution in [0, 0.1) is 0 Å². The Hall–Kier alpha value is -1.97. The molecule has 1 aliphatic rings. The van der Waals surface area contributed by atoms with Crippen molar-refractivity contribution in [2.45, 2.75) is 24.9 Å². The smallest absolute Gasteiger partial charge is 0.329 e. The van der Waals surface area contributed by atoms with E-state index in [4.69, 9.17) is 15.6 Å². The van der Waals surface area contributed by atoms with Gasteiger partial charge in [-0.05, 0) is 0 Å². The molecule has 0 unspecified atom stereocenters. The van der Waals surface area contributed by atoms with E-state index >= 15 is 0 Å². The molecule has 3 heterocycles. The van der Waals surface area contributed by atoms with Crippen LogP contribution in [0.5, 0.6) is 0 Å². The lowest BCUT2D eigenvalue weighted by Gasteiger charge is -2.15. The van der Waals surface area contributed by atoms with Crippen molar-refractivity contribution in [1.29, 1.82) is 0 Å². The quantitative estimate of drug-likeness (QED) is 0.510. The Bertz CT molecular complexity index is 665. The number of hydrogen-bond donors (Lipinski definition) is 4. The molecule has 0 bridgehead atoms. The molecule has 9 heteroatoms. The fraction of sp³-hybridized carbons (Fsp3) is 0.500. The highest BCUT2D eigenvalue weighted by atomic mass is 16.5. The maximum absolute atomic E-state index is 11.9. The van der Waals surface area contributed by atoms with E-state index in [1.807, 2.05) is 0 Å². The number of nitrogen functional groups attached to an aromatic ring is 1. The van der Waals surface area contributed by atoms with Crippen LogP contribution in [0.15, 0.2) is 11.0 Å². The van der Waals surface area contributed by atoms with E-state index < -0.39 is 24.1 Å². The zero-order chi connectivity index (χ0) is 13.6. The fourth-order valence-corrected chi connectivity index (χ4v) is 2.25. The second-order valence-electron chi connectivity index (χ2n) is 4.40. The fourth-order valence-electron chi connectivity index (χ4n) is 2.25. The molecule has 0 aliphatic carbocycles. The summed E-state index contributed by atoms with van der Waals surface area (Å²) in [6, 6.07) is 0. The third-order valence-corrected chi connectivity index (χ3v) is 3.10. The van der Waals surface area contributed by atoms with E-state index in [1.54, 1.807) is 0 Å². The summed E-state index contributed by atoms with van der Waals surface area (Å²) in [5.41, 5.74) is 5.69. The lowest BCUT2D eigenvalue weighted by atomic mass is 10.2. The largest absolute Gasteiger partial charge is 0.394 e. The van der Waals surface area contributed by atoms with E-state index in [1.165, 1.54) is 10.8 Å². The lowest BCUT2D eigenvalue weighted by Crippen LogP contribution is -2.28. The van der Waals surface area contributed by atoms with Gasteiger partial charge < -0.3 is 25.7 Å². The number of imidazole rings is 1. The third-order valence-electron chi connectivity index (χ3n) is 3.10. The number of rotatable bonds is 2. The van der Waals surface area contributed by atoms with E-state index in [2.05, 4.69) is 15.0 Å². The average molecular weight is 267 g/mol. The number of aliphatic hydroxyl groups excluding tert-OH is 2. The molecule has 9 nitrogen and oxygen atoms in total. The standard InChI is InChI=1S/C10H13N5O4/c11-9-12-2-5-7(14-9)15(10(18)13-5)8-6(17)1-4(3-16)19-8/h2,4,6,8,16-17H,1,3H2,(H,13,18)(H2,11,12,14)/t4-,6-,8+/m0/s1. The molecule has 1 saturated heterocycles. The van der Waals surface area contributed by atoms with Crippen molar-refractivity contribution in [3.63, 3.8) is 0 Å². The van der Waals surface area contributed by atoms with E-state index in [0.29, 0.717) is 5.52 Å². The van der Waals surface area contributed by atoms with Crippen molar-refractivity contribution in [2.24, 2.45) is 0 Å². The molecule has 0 spiro atoms. The molecule has 19 heavy (non-hydrogen) atoms. The summed E-state index contributed by atoms with van der Waals surface area (Å²) in [5, 5.41) is 19.0. The van der Waals surface area contributed by atoms with Gasteiger partial charge in [0.1, 0.15) is 11.6 Å². The second kappa shape index (κ2) is 4.30. The number of anilines is 1. The van der Waals surface area contributed by atoms with Crippen molar-refractivity contribution in [2.75, 3.05) is 12.3 Å². The summed E-state index contributed by atoms with van der Waals surface area (Å²) in [4.78, 5) is 22.2. The maximum atomic E-state index is 11.9. The van der Waals surface area contributed by atoms with Gasteiger partial charge in [0.05, 0.1) is 18.9 Å². The number of H-pyrrole nitrogens is 1. The van der Waals surface area contributed by atoms with Gasteiger partial charge in [0.15, 0.2) is 11.9 Å². The number of aliphatic hydroxyl groups is 2. The van der Waals surface area contributed by atoms with Gasteiger partial charge in [0, 0.05) is 6.42 Å². The van der Waals surface area contributed by atoms with Crippen molar-refractivity contribution in [3.8, 4) is 0 Å². The number of aromatic nitrogens is 4. The van der Waals surface area contributed by atoms with Gasteiger partial charge in [0.25, 0.3) is 0 Å². The van der Waals surface area contributed by atoms with Crippen LogP contribution >= 0.6 is 0 Å². The Labute approximate surface area is 106 Å². The van der Waals surface area contributed by atoms with Crippen molar-refractivity contribution >= 4 is 17.1 Å². The van der Waals surface area contributed by atoms with Crippen LogP contribution in [0.3, 0.4) is 0 Å². The minimum atomic E-state index is -0.898. The number of nitrogens with zero attached hydrogens (tertiary/aromatic N) is 3. The van der Waals surface area contributed by atoms with E-state index in [-0.39, 0.29) is 24.6 Å². The normalized spacial score (nSPS) is 27.2. The van der Waals surface area contributed by atoms with Crippen molar-refractivity contribution in [1.82, 2.24) is 19.5 Å². The molecule has 1 fully saturated rings. The van der Waals surface area contributed by atoms with Gasteiger partial charge in [-0.25, -0.2) is 14.3 Å². The van der Waals surface area contributed by atoms with Crippen LogP contribution in [-0.2, 0) is 4.74 Å². The first-order valence-corrected chi connectivity index (χ1v) is 5.77. The Balaban J connectivity index is 2.12. The molecule has 102 valence electrons. The third kappa shape index (κ3) is 1.87. The van der Waals surface area contributed by atoms with Gasteiger partial charge in [-0.15, -0.1) is 0 Å². The summed E-state index contributed by atoms with van der Waals surface area (Å²) in [5.74, 6) is 0.0199. The molecule has 0 aromatic carbocycles. The SMILES string of the molecule is Nc1ncc2[nH]c(=O)n([C@@H]3O[C@H](CO)C[C@@H]3O)c2n1. The Morgan fingerprint density at radius 2 is 2.42 bits per heavy atom. The van der Waals surface area contributed by atoms with Gasteiger partial charge >= 0.3 is 5.69 Å². The number of nitrogens with two attached hydrogens (primary N) is 1. The first kappa shape index (κ1) is 12.1. The summed E-state index contributed by atoms with van der Waals surface area (Å²) in [6.45, 7) is -0.220. The van der Waals surface area contributed by atoms with E-state index in [0.717, 1.165) is 0 Å². The highest BCUT2D eigenvalue weighted by molar-refractivity contribution is 5.70. The number of aromatic amines is 1. The molecular weight excluding hydrogens is 254 g/mol. The summed E-state index contributed by atoms with van der Waals surface area (Å²) in [6.07, 6.45) is -0.657. The molecule has 1 aliphatic heterocycles. The molecule has 3 atom stereocenters. The van der Waals surface area contributed by atoms with E-state index in [9.17, 15) is 9.90 Å². The number of nitrogens with one attached hydrogen (secondary N) is 1. The molecule has 5 N–H and O–H groups in total. The highest BCUT2D eigenvalue weighted by Crippen LogP contribution is 2.29. The van der Waals surface area contributed by atoms with Crippen LogP contribution < -0.4 is 11.4 Å².